The van der Waals surface area contributed by atoms with Gasteiger partial charge < -0.3 is 4.74 Å². The molecule has 0 radical (unpaired) electrons. The highest BCUT2D eigenvalue weighted by Gasteiger charge is 2.13. The lowest BCUT2D eigenvalue weighted by atomic mass is 10.4. The molecule has 0 saturated carbocycles. The number of aromatic nitrogens is 2. The lowest BCUT2D eigenvalue weighted by Gasteiger charge is -2.13. The van der Waals surface area contributed by atoms with Gasteiger partial charge in [-0.1, -0.05) is 25.4 Å². The molecule has 0 bridgehead atoms. The van der Waals surface area contributed by atoms with Gasteiger partial charge in [0.1, 0.15) is 4.83 Å². The number of hydrogen-bond donors (Lipinski definition) is 0. The van der Waals surface area contributed by atoms with Crippen LogP contribution in [-0.4, -0.2) is 22.1 Å². The molecule has 2 aromatic rings. The Hall–Kier alpha value is -1.40. The van der Waals surface area contributed by atoms with Gasteiger partial charge in [0, 0.05) is 13.5 Å². The van der Waals surface area contributed by atoms with Gasteiger partial charge in [0.2, 0.25) is 5.91 Å². The van der Waals surface area contributed by atoms with Gasteiger partial charge in [0.15, 0.2) is 5.49 Å². The van der Waals surface area contributed by atoms with Crippen LogP contribution in [0.3, 0.4) is 0 Å². The largest absolute Gasteiger partial charge is 0.465 e. The minimum Gasteiger partial charge on any atom is -0.465 e. The summed E-state index contributed by atoms with van der Waals surface area (Å²) in [5.41, 5.74) is 0.573. The summed E-state index contributed by atoms with van der Waals surface area (Å²) in [6.07, 6.45) is 1.77. The number of fused-ring (bicyclic) bond motifs is 1. The molecule has 7 heteroatoms. The Bertz CT molecular complexity index is 721. The number of carbonyl (C=O) groups excluding carboxylic acids is 1. The molecule has 0 spiro atoms. The Morgan fingerprint density at radius 1 is 1.48 bits per heavy atom. The number of nitrogens with zero attached hydrogens (tertiary/aromatic N) is 3. The maximum Gasteiger partial charge on any atom is 0.299 e. The minimum atomic E-state index is -0.254. The van der Waals surface area contributed by atoms with Crippen molar-refractivity contribution in [3.8, 4) is 6.01 Å². The van der Waals surface area contributed by atoms with Crippen LogP contribution in [0.5, 0.6) is 6.01 Å². The molecule has 0 aliphatic rings. The van der Waals surface area contributed by atoms with E-state index in [9.17, 15) is 4.79 Å². The highest BCUT2D eigenvalue weighted by Crippen LogP contribution is 2.27. The van der Waals surface area contributed by atoms with E-state index in [4.69, 9.17) is 16.3 Å². The number of halogens is 1. The number of rotatable bonds is 5. The van der Waals surface area contributed by atoms with E-state index in [1.54, 1.807) is 6.07 Å². The highest BCUT2D eigenvalue weighted by atomic mass is 35.5. The zero-order valence-electron chi connectivity index (χ0n) is 12.4. The van der Waals surface area contributed by atoms with Crippen molar-refractivity contribution in [1.82, 2.24) is 9.55 Å². The molecule has 0 unspecified atom stereocenters. The van der Waals surface area contributed by atoms with Gasteiger partial charge in [-0.3, -0.25) is 9.36 Å². The second-order valence-electron chi connectivity index (χ2n) is 4.62. The summed E-state index contributed by atoms with van der Waals surface area (Å²) in [6.45, 7) is 6.77. The van der Waals surface area contributed by atoms with Crippen LogP contribution < -0.4 is 10.2 Å². The van der Waals surface area contributed by atoms with Crippen molar-refractivity contribution in [3.05, 3.63) is 15.9 Å². The van der Waals surface area contributed by atoms with Crippen molar-refractivity contribution in [2.75, 3.05) is 6.61 Å². The van der Waals surface area contributed by atoms with Crippen LogP contribution in [0.2, 0.25) is 4.34 Å². The third kappa shape index (κ3) is 3.63. The summed E-state index contributed by atoms with van der Waals surface area (Å²) in [4.78, 5) is 20.9. The Kier molecular flexibility index (Phi) is 5.36. The van der Waals surface area contributed by atoms with Gasteiger partial charge in [-0.25, -0.2) is 0 Å². The molecular formula is C14H18ClN3O2S. The lowest BCUT2D eigenvalue weighted by Crippen LogP contribution is -2.25. The second-order valence-corrected chi connectivity index (χ2v) is 6.28. The molecule has 2 aromatic heterocycles. The Morgan fingerprint density at radius 2 is 2.24 bits per heavy atom. The summed E-state index contributed by atoms with van der Waals surface area (Å²) in [5.74, 6) is -0.254. The van der Waals surface area contributed by atoms with Crippen molar-refractivity contribution in [2.24, 2.45) is 4.99 Å². The second kappa shape index (κ2) is 7.04. The normalized spacial score (nSPS) is 12.1. The van der Waals surface area contributed by atoms with E-state index >= 15 is 0 Å². The highest BCUT2D eigenvalue weighted by molar-refractivity contribution is 7.22. The van der Waals surface area contributed by atoms with Crippen LogP contribution in [0, 0.1) is 0 Å². The van der Waals surface area contributed by atoms with Gasteiger partial charge in [-0.2, -0.15) is 9.98 Å². The van der Waals surface area contributed by atoms with Crippen molar-refractivity contribution in [3.63, 3.8) is 0 Å². The summed E-state index contributed by atoms with van der Waals surface area (Å²) < 4.78 is 8.19. The zero-order chi connectivity index (χ0) is 15.4. The first kappa shape index (κ1) is 16.0. The molecule has 1 amide bonds. The third-order valence-electron chi connectivity index (χ3n) is 2.75. The SMILES string of the molecule is CCCOc1nc2sc(Cl)cc2c(=NC(C)=O)n1CCC. The Balaban J connectivity index is 2.76. The summed E-state index contributed by atoms with van der Waals surface area (Å²) in [7, 11) is 0. The molecule has 5 nitrogen and oxygen atoms in total. The van der Waals surface area contributed by atoms with E-state index in [0.717, 1.165) is 23.1 Å². The maximum atomic E-state index is 11.5. The van der Waals surface area contributed by atoms with Crippen LogP contribution in [0.4, 0.5) is 0 Å². The van der Waals surface area contributed by atoms with Crippen LogP contribution in [0.25, 0.3) is 10.2 Å². The molecule has 0 fully saturated rings. The van der Waals surface area contributed by atoms with Gasteiger partial charge >= 0.3 is 0 Å². The topological polar surface area (TPSA) is 56.5 Å². The third-order valence-corrected chi connectivity index (χ3v) is 3.91. The molecule has 21 heavy (non-hydrogen) atoms. The molecule has 0 atom stereocenters. The predicted molar refractivity (Wildman–Crippen MR) is 84.9 cm³/mol. The quantitative estimate of drug-likeness (QED) is 0.845. The standard InChI is InChI=1S/C14H18ClN3O2S/c1-4-6-18-12(16-9(3)19)10-8-11(15)21-13(10)17-14(18)20-7-5-2/h8H,4-7H2,1-3H3. The maximum absolute atomic E-state index is 11.5. The van der Waals surface area contributed by atoms with Crippen LogP contribution >= 0.6 is 22.9 Å². The van der Waals surface area contributed by atoms with Crippen molar-refractivity contribution < 1.29 is 9.53 Å². The van der Waals surface area contributed by atoms with Crippen molar-refractivity contribution >= 4 is 39.1 Å². The smallest absolute Gasteiger partial charge is 0.299 e. The predicted octanol–water partition coefficient (Wildman–Crippen LogP) is 3.40. The first-order valence-electron chi connectivity index (χ1n) is 6.94. The lowest BCUT2D eigenvalue weighted by molar-refractivity contribution is -0.116. The summed E-state index contributed by atoms with van der Waals surface area (Å²) in [6, 6.07) is 2.29. The van der Waals surface area contributed by atoms with E-state index in [1.807, 2.05) is 11.5 Å². The van der Waals surface area contributed by atoms with E-state index < -0.39 is 0 Å². The average molecular weight is 328 g/mol. The van der Waals surface area contributed by atoms with E-state index in [1.165, 1.54) is 18.3 Å². The molecule has 2 rings (SSSR count). The fourth-order valence-electron chi connectivity index (χ4n) is 1.98. The molecule has 2 heterocycles. The first-order chi connectivity index (χ1) is 10.1. The number of ether oxygens (including phenoxy) is 1. The number of amides is 1. The van der Waals surface area contributed by atoms with E-state index in [0.29, 0.717) is 29.0 Å². The minimum absolute atomic E-state index is 0.254. The van der Waals surface area contributed by atoms with Gasteiger partial charge in [0.25, 0.3) is 6.01 Å². The zero-order valence-corrected chi connectivity index (χ0v) is 13.9. The Labute approximate surface area is 132 Å². The number of carbonyl (C=O) groups is 1. The van der Waals surface area contributed by atoms with E-state index in [-0.39, 0.29) is 5.91 Å². The molecule has 0 saturated heterocycles. The van der Waals surface area contributed by atoms with Crippen LogP contribution in [0.15, 0.2) is 11.1 Å². The summed E-state index contributed by atoms with van der Waals surface area (Å²) in [5, 5.41) is 0.789. The van der Waals surface area contributed by atoms with Gasteiger partial charge in [-0.15, -0.1) is 11.3 Å². The molecular weight excluding hydrogens is 310 g/mol. The molecule has 0 N–H and O–H groups in total. The Morgan fingerprint density at radius 3 is 2.86 bits per heavy atom. The number of hydrogen-bond acceptors (Lipinski definition) is 4. The summed E-state index contributed by atoms with van der Waals surface area (Å²) >= 11 is 7.44. The fourth-order valence-corrected chi connectivity index (χ4v) is 3.05. The first-order valence-corrected chi connectivity index (χ1v) is 8.14. The monoisotopic (exact) mass is 327 g/mol. The average Bonchev–Trinajstić information content (AvgIpc) is 2.79. The number of thiophene rings is 1. The van der Waals surface area contributed by atoms with Crippen molar-refractivity contribution in [1.29, 1.82) is 0 Å². The molecule has 0 aliphatic carbocycles. The molecule has 114 valence electrons. The van der Waals surface area contributed by atoms with Crippen LogP contribution in [-0.2, 0) is 11.3 Å². The van der Waals surface area contributed by atoms with Gasteiger partial charge in [-0.05, 0) is 18.9 Å². The van der Waals surface area contributed by atoms with E-state index in [2.05, 4.69) is 16.9 Å². The molecule has 0 aromatic carbocycles. The molecule has 0 aliphatic heterocycles. The van der Waals surface area contributed by atoms with Gasteiger partial charge in [0.05, 0.1) is 16.3 Å². The van der Waals surface area contributed by atoms with Crippen molar-refractivity contribution in [2.45, 2.75) is 40.2 Å². The van der Waals surface area contributed by atoms with Crippen LogP contribution in [0.1, 0.15) is 33.6 Å². The fraction of sp³-hybridized carbons (Fsp3) is 0.500.